The molecule has 4 bridgehead atoms. The summed E-state index contributed by atoms with van der Waals surface area (Å²) in [5.41, 5.74) is 4.21. The number of hydrogen-bond donors (Lipinski definition) is 3. The molecule has 0 radical (unpaired) electrons. The number of rotatable bonds is 1. The van der Waals surface area contributed by atoms with Crippen molar-refractivity contribution in [1.82, 2.24) is 16.0 Å². The molecule has 3 N–H and O–H groups in total. The van der Waals surface area contributed by atoms with Crippen LogP contribution in [0, 0.1) is 0 Å². The number of esters is 1. The third kappa shape index (κ3) is 7.49. The molecule has 3 aliphatic rings. The largest absolute Gasteiger partial charge is 0.463 e. The smallest absolute Gasteiger partial charge is 0.325 e. The quantitative estimate of drug-likeness (QED) is 0.215. The van der Waals surface area contributed by atoms with Crippen molar-refractivity contribution < 1.29 is 23.9 Å². The van der Waals surface area contributed by atoms with Crippen molar-refractivity contribution in [3.8, 4) is 11.1 Å². The lowest BCUT2D eigenvalue weighted by Crippen LogP contribution is -2.51. The fraction of sp³-hybridized carbons (Fsp3) is 0.353. The number of amides is 3. The molecule has 9 nitrogen and oxygen atoms in total. The fourth-order valence-electron chi connectivity index (χ4n) is 5.65. The Kier molecular flexibility index (Phi) is 9.71. The molecule has 44 heavy (non-hydrogen) atoms. The van der Waals surface area contributed by atoms with E-state index in [1.165, 1.54) is 0 Å². The maximum Gasteiger partial charge on any atom is 0.325 e. The Hall–Kier alpha value is -4.15. The van der Waals surface area contributed by atoms with Crippen LogP contribution in [0.2, 0.25) is 0 Å². The predicted octanol–water partition coefficient (Wildman–Crippen LogP) is 4.08. The minimum Gasteiger partial charge on any atom is -0.463 e. The van der Waals surface area contributed by atoms with Gasteiger partial charge < -0.3 is 25.6 Å². The molecule has 6 rings (SSSR count). The third-order valence-electron chi connectivity index (χ3n) is 7.92. The van der Waals surface area contributed by atoms with Gasteiger partial charge in [0.25, 0.3) is 5.91 Å². The van der Waals surface area contributed by atoms with Crippen LogP contribution >= 0.6 is 11.8 Å². The molecular formula is C34H38N4O5S. The van der Waals surface area contributed by atoms with E-state index in [0.717, 1.165) is 32.8 Å². The van der Waals surface area contributed by atoms with E-state index in [1.54, 1.807) is 28.8 Å². The highest BCUT2D eigenvalue weighted by Crippen LogP contribution is 2.33. The van der Waals surface area contributed by atoms with Gasteiger partial charge in [-0.25, -0.2) is 0 Å². The monoisotopic (exact) mass is 614 g/mol. The molecule has 10 heteroatoms. The number of ether oxygens (including phenoxy) is 1. The molecule has 0 spiro atoms. The first-order valence-corrected chi connectivity index (χ1v) is 16.0. The van der Waals surface area contributed by atoms with Gasteiger partial charge in [-0.15, -0.1) is 11.8 Å². The summed E-state index contributed by atoms with van der Waals surface area (Å²) >= 11 is 1.65. The van der Waals surface area contributed by atoms with E-state index in [4.69, 9.17) is 4.74 Å². The van der Waals surface area contributed by atoms with E-state index < -0.39 is 17.6 Å². The summed E-state index contributed by atoms with van der Waals surface area (Å²) in [6.45, 7) is 4.23. The summed E-state index contributed by atoms with van der Waals surface area (Å²) in [6.07, 6.45) is 3.30. The number of carbonyl (C=O) groups excluding carboxylic acids is 4. The molecule has 3 heterocycles. The molecule has 0 aliphatic carbocycles. The van der Waals surface area contributed by atoms with Gasteiger partial charge in [-0.05, 0) is 79.5 Å². The number of hydrogen-bond acceptors (Lipinski definition) is 7. The number of thioether (sulfide) groups is 1. The Bertz CT molecular complexity index is 1560. The Morgan fingerprint density at radius 3 is 2.45 bits per heavy atom. The lowest BCUT2D eigenvalue weighted by atomic mass is 9.98. The van der Waals surface area contributed by atoms with Crippen molar-refractivity contribution >= 4 is 41.1 Å². The molecule has 3 aliphatic heterocycles. The van der Waals surface area contributed by atoms with E-state index in [9.17, 15) is 19.2 Å². The first-order valence-electron chi connectivity index (χ1n) is 14.8. The van der Waals surface area contributed by atoms with Crippen molar-refractivity contribution in [1.29, 1.82) is 0 Å². The highest BCUT2D eigenvalue weighted by Gasteiger charge is 2.33. The van der Waals surface area contributed by atoms with Crippen LogP contribution in [0.5, 0.6) is 0 Å². The molecule has 0 saturated carbocycles. The van der Waals surface area contributed by atoms with Crippen LogP contribution in [0.25, 0.3) is 11.1 Å². The molecule has 3 aromatic carbocycles. The Morgan fingerprint density at radius 1 is 0.955 bits per heavy atom. The van der Waals surface area contributed by atoms with E-state index in [0.29, 0.717) is 31.5 Å². The molecule has 3 aromatic rings. The molecule has 230 valence electrons. The topological polar surface area (TPSA) is 117 Å². The van der Waals surface area contributed by atoms with Gasteiger partial charge in [0.15, 0.2) is 0 Å². The van der Waals surface area contributed by atoms with Crippen molar-refractivity contribution in [3.63, 3.8) is 0 Å². The second kappa shape index (κ2) is 13.7. The van der Waals surface area contributed by atoms with Gasteiger partial charge in [-0.2, -0.15) is 0 Å². The van der Waals surface area contributed by atoms with Gasteiger partial charge in [0.05, 0.1) is 6.54 Å². The maximum absolute atomic E-state index is 14.1. The second-order valence-corrected chi connectivity index (χ2v) is 12.6. The van der Waals surface area contributed by atoms with Gasteiger partial charge in [0, 0.05) is 34.7 Å². The molecule has 0 saturated heterocycles. The average Bonchev–Trinajstić information content (AvgIpc) is 3.13. The zero-order valence-corrected chi connectivity index (χ0v) is 26.1. The van der Waals surface area contributed by atoms with Crippen molar-refractivity contribution in [2.24, 2.45) is 0 Å². The molecule has 0 aromatic heterocycles. The number of nitrogens with one attached hydrogen (secondary N) is 3. The summed E-state index contributed by atoms with van der Waals surface area (Å²) in [7, 11) is 0. The van der Waals surface area contributed by atoms with Gasteiger partial charge in [0.2, 0.25) is 11.8 Å². The van der Waals surface area contributed by atoms with Crippen LogP contribution in [0.1, 0.15) is 48.2 Å². The SMILES string of the molecule is CSc1ccc2c(c1)CC[C@H]1NC(=O)CC(C)(C)NCCOC(=O)CNC(=O)c3ccccc3-c3ccc(cc3)CN2C1=O. The number of anilines is 1. The van der Waals surface area contributed by atoms with E-state index >= 15 is 0 Å². The lowest BCUT2D eigenvalue weighted by Gasteiger charge is -2.29. The number of nitrogens with zero attached hydrogens (tertiary/aromatic N) is 1. The minimum absolute atomic E-state index is 0.0784. The highest BCUT2D eigenvalue weighted by molar-refractivity contribution is 7.98. The van der Waals surface area contributed by atoms with Crippen molar-refractivity contribution in [2.45, 2.75) is 56.1 Å². The average molecular weight is 615 g/mol. The number of benzene rings is 3. The van der Waals surface area contributed by atoms with Crippen molar-refractivity contribution in [2.75, 3.05) is 30.9 Å². The molecule has 3 amide bonds. The van der Waals surface area contributed by atoms with Crippen LogP contribution in [-0.2, 0) is 32.1 Å². The van der Waals surface area contributed by atoms with Crippen LogP contribution in [0.3, 0.4) is 0 Å². The highest BCUT2D eigenvalue weighted by atomic mass is 32.2. The molecule has 0 fully saturated rings. The Balaban J connectivity index is 1.50. The van der Waals surface area contributed by atoms with Gasteiger partial charge >= 0.3 is 5.97 Å². The van der Waals surface area contributed by atoms with E-state index in [2.05, 4.69) is 22.0 Å². The number of fused-ring (bicyclic) bond motifs is 14. The van der Waals surface area contributed by atoms with Crippen LogP contribution in [-0.4, -0.2) is 61.2 Å². The lowest BCUT2D eigenvalue weighted by molar-refractivity contribution is -0.142. The maximum atomic E-state index is 14.1. The third-order valence-corrected chi connectivity index (χ3v) is 8.65. The predicted molar refractivity (Wildman–Crippen MR) is 172 cm³/mol. The fourth-order valence-corrected chi connectivity index (χ4v) is 6.11. The Labute approximate surface area is 262 Å². The minimum atomic E-state index is -0.674. The van der Waals surface area contributed by atoms with Crippen LogP contribution < -0.4 is 20.9 Å². The number of carbonyl (C=O) groups is 4. The summed E-state index contributed by atoms with van der Waals surface area (Å²) in [4.78, 5) is 55.5. The number of aryl methyl sites for hydroxylation is 1. The van der Waals surface area contributed by atoms with Crippen LogP contribution in [0.15, 0.2) is 71.6 Å². The zero-order chi connectivity index (χ0) is 31.3. The summed E-state index contributed by atoms with van der Waals surface area (Å²) < 4.78 is 5.29. The first kappa shape index (κ1) is 31.3. The summed E-state index contributed by atoms with van der Waals surface area (Å²) in [6, 6.07) is 20.4. The standard InChI is InChI=1S/C34H38N4O5S/c1-34(2)19-30(39)37-28-14-12-24-18-25(44-3)13-15-29(24)38(33(28)42)21-22-8-10-23(11-9-22)26-6-4-5-7-27(26)32(41)35-20-31(40)43-17-16-36-34/h4-11,13,15,18,28,36H,12,14,16-17,19-21H2,1-3H3,(H,35,41)(H,37,39)/t28-/m1/s1. The molecule has 1 atom stereocenters. The van der Waals surface area contributed by atoms with E-state index in [-0.39, 0.29) is 37.3 Å². The second-order valence-electron chi connectivity index (χ2n) is 11.7. The summed E-state index contributed by atoms with van der Waals surface area (Å²) in [5, 5.41) is 8.92. The van der Waals surface area contributed by atoms with Gasteiger partial charge in [0.1, 0.15) is 19.2 Å². The van der Waals surface area contributed by atoms with Gasteiger partial charge in [-0.1, -0.05) is 42.5 Å². The van der Waals surface area contributed by atoms with E-state index in [1.807, 2.05) is 68.6 Å². The van der Waals surface area contributed by atoms with Crippen LogP contribution in [0.4, 0.5) is 5.69 Å². The first-order chi connectivity index (χ1) is 21.1. The molecular weight excluding hydrogens is 576 g/mol. The normalized spacial score (nSPS) is 19.7. The Morgan fingerprint density at radius 2 is 1.70 bits per heavy atom. The molecule has 0 unspecified atom stereocenters. The summed E-state index contributed by atoms with van der Waals surface area (Å²) in [5.74, 6) is -1.32. The van der Waals surface area contributed by atoms with Crippen molar-refractivity contribution in [3.05, 3.63) is 83.4 Å². The van der Waals surface area contributed by atoms with Gasteiger partial charge in [-0.3, -0.25) is 19.2 Å². The zero-order valence-electron chi connectivity index (χ0n) is 25.3.